The van der Waals surface area contributed by atoms with Crippen molar-refractivity contribution in [3.8, 4) is 11.8 Å². The lowest BCUT2D eigenvalue weighted by Gasteiger charge is -2.40. The van der Waals surface area contributed by atoms with Gasteiger partial charge in [0.2, 0.25) is 5.91 Å². The van der Waals surface area contributed by atoms with Crippen LogP contribution < -0.4 is 4.90 Å². The van der Waals surface area contributed by atoms with Crippen LogP contribution in [-0.2, 0) is 14.3 Å². The van der Waals surface area contributed by atoms with Gasteiger partial charge in [0.1, 0.15) is 4.88 Å². The van der Waals surface area contributed by atoms with Crippen LogP contribution in [0, 0.1) is 29.1 Å². The van der Waals surface area contributed by atoms with Gasteiger partial charge in [0.15, 0.2) is 0 Å². The molecule has 1 saturated heterocycles. The molecule has 7 heteroatoms. The van der Waals surface area contributed by atoms with Crippen LogP contribution >= 0.6 is 11.3 Å². The molecular formula is C30H43NO5S. The molecule has 4 rings (SSSR count). The number of hydrogen-bond acceptors (Lipinski definition) is 5. The Kier molecular flexibility index (Phi) is 9.37. The van der Waals surface area contributed by atoms with E-state index in [-0.39, 0.29) is 40.4 Å². The highest BCUT2D eigenvalue weighted by atomic mass is 32.1. The lowest BCUT2D eigenvalue weighted by atomic mass is 9.81. The molecule has 3 aliphatic rings. The molecule has 0 aromatic carbocycles. The van der Waals surface area contributed by atoms with Gasteiger partial charge in [-0.2, -0.15) is 0 Å². The minimum absolute atomic E-state index is 0.0162. The molecule has 204 valence electrons. The summed E-state index contributed by atoms with van der Waals surface area (Å²) < 4.78 is 11.9. The number of ether oxygens (including phenoxy) is 2. The smallest absolute Gasteiger partial charge is 0.348 e. The van der Waals surface area contributed by atoms with E-state index in [0.717, 1.165) is 77.4 Å². The van der Waals surface area contributed by atoms with E-state index in [9.17, 15) is 14.7 Å². The Morgan fingerprint density at radius 3 is 2.22 bits per heavy atom. The van der Waals surface area contributed by atoms with Crippen LogP contribution in [0.2, 0.25) is 0 Å². The predicted octanol–water partition coefficient (Wildman–Crippen LogP) is 6.51. The van der Waals surface area contributed by atoms with E-state index in [2.05, 4.69) is 18.8 Å². The third-order valence-corrected chi connectivity index (χ3v) is 8.92. The summed E-state index contributed by atoms with van der Waals surface area (Å²) in [6, 6.07) is 1.83. The highest BCUT2D eigenvalue weighted by Gasteiger charge is 2.38. The lowest BCUT2D eigenvalue weighted by molar-refractivity contribution is -0.124. The second-order valence-electron chi connectivity index (χ2n) is 12.2. The molecule has 2 saturated carbocycles. The molecule has 3 fully saturated rings. The molecule has 2 aliphatic carbocycles. The van der Waals surface area contributed by atoms with Crippen LogP contribution in [0.5, 0.6) is 0 Å². The summed E-state index contributed by atoms with van der Waals surface area (Å²) in [6.07, 6.45) is 9.61. The first-order valence-corrected chi connectivity index (χ1v) is 14.9. The summed E-state index contributed by atoms with van der Waals surface area (Å²) in [5.74, 6) is 6.09. The molecule has 37 heavy (non-hydrogen) atoms. The number of carbonyl (C=O) groups is 2. The summed E-state index contributed by atoms with van der Waals surface area (Å²) in [6.45, 7) is 9.88. The molecule has 1 amide bonds. The number of anilines is 1. The highest BCUT2D eigenvalue weighted by molar-refractivity contribution is 7.15. The van der Waals surface area contributed by atoms with Crippen LogP contribution in [0.1, 0.15) is 106 Å². The number of rotatable bonds is 6. The number of nitrogens with zero attached hydrogens (tertiary/aromatic N) is 1. The van der Waals surface area contributed by atoms with E-state index in [1.165, 1.54) is 11.3 Å². The van der Waals surface area contributed by atoms with Crippen molar-refractivity contribution in [2.75, 3.05) is 18.1 Å². The van der Waals surface area contributed by atoms with Gasteiger partial charge in [-0.05, 0) is 97.0 Å². The predicted molar refractivity (Wildman–Crippen MR) is 147 cm³/mol. The average Bonchev–Trinajstić information content (AvgIpc) is 3.29. The number of thiophene rings is 1. The minimum Gasteiger partial charge on any atom is -0.477 e. The molecular weight excluding hydrogens is 486 g/mol. The average molecular weight is 530 g/mol. The zero-order valence-electron chi connectivity index (χ0n) is 22.9. The van der Waals surface area contributed by atoms with Crippen molar-refractivity contribution in [2.45, 2.75) is 110 Å². The van der Waals surface area contributed by atoms with Crippen LogP contribution in [0.25, 0.3) is 0 Å². The summed E-state index contributed by atoms with van der Waals surface area (Å²) in [7, 11) is 0. The Labute approximate surface area is 226 Å². The Morgan fingerprint density at radius 1 is 1.00 bits per heavy atom. The molecule has 1 aromatic rings. The quantitative estimate of drug-likeness (QED) is 0.425. The van der Waals surface area contributed by atoms with Gasteiger partial charge in [-0.15, -0.1) is 11.3 Å². The van der Waals surface area contributed by atoms with Crippen LogP contribution in [0.4, 0.5) is 5.69 Å². The molecule has 0 spiro atoms. The van der Waals surface area contributed by atoms with Gasteiger partial charge in [0.05, 0.1) is 22.8 Å². The van der Waals surface area contributed by atoms with E-state index < -0.39 is 5.97 Å². The first kappa shape index (κ1) is 28.1. The topological polar surface area (TPSA) is 76.1 Å². The third kappa shape index (κ3) is 7.59. The fraction of sp³-hybridized carbons (Fsp3) is 0.733. The number of carboxylic acid groups (broad SMARTS) is 1. The highest BCUT2D eigenvalue weighted by Crippen LogP contribution is 2.39. The van der Waals surface area contributed by atoms with E-state index in [1.54, 1.807) is 0 Å². The fourth-order valence-electron chi connectivity index (χ4n) is 5.75. The number of carbonyl (C=O) groups excluding carboxylic acids is 1. The Bertz CT molecular complexity index is 993. The van der Waals surface area contributed by atoms with Crippen molar-refractivity contribution >= 4 is 28.9 Å². The molecule has 6 nitrogen and oxygen atoms in total. The molecule has 0 radical (unpaired) electrons. The normalized spacial score (nSPS) is 27.2. The summed E-state index contributed by atoms with van der Waals surface area (Å²) in [5.41, 5.74) is 0.346. The molecule has 1 N–H and O–H groups in total. The maximum atomic E-state index is 14.1. The molecule has 1 aliphatic heterocycles. The molecule has 1 aromatic heterocycles. The van der Waals surface area contributed by atoms with Crippen molar-refractivity contribution in [1.82, 2.24) is 0 Å². The van der Waals surface area contributed by atoms with Crippen molar-refractivity contribution in [1.29, 1.82) is 0 Å². The fourth-order valence-corrected chi connectivity index (χ4v) is 6.59. The van der Waals surface area contributed by atoms with Crippen LogP contribution in [0.3, 0.4) is 0 Å². The van der Waals surface area contributed by atoms with Crippen molar-refractivity contribution in [3.63, 3.8) is 0 Å². The van der Waals surface area contributed by atoms with Crippen molar-refractivity contribution < 1.29 is 24.2 Å². The monoisotopic (exact) mass is 529 g/mol. The Hall–Kier alpha value is -1.88. The zero-order valence-corrected chi connectivity index (χ0v) is 23.7. The SMILES string of the molecule is CC(C)(C)C#Cc1cc(N(C(=O)[C@H]2CC[C@H](C)CC2)[C@H]2CC[C@H](OC3CCOCC3)CC2)c(C(=O)O)s1. The molecule has 2 heterocycles. The van der Waals surface area contributed by atoms with Gasteiger partial charge in [-0.25, -0.2) is 4.79 Å². The minimum atomic E-state index is -0.990. The van der Waals surface area contributed by atoms with Gasteiger partial charge < -0.3 is 19.5 Å². The van der Waals surface area contributed by atoms with Crippen LogP contribution in [-0.4, -0.2) is 48.4 Å². The van der Waals surface area contributed by atoms with Gasteiger partial charge in [0, 0.05) is 30.6 Å². The van der Waals surface area contributed by atoms with Gasteiger partial charge in [0.25, 0.3) is 0 Å². The molecule has 0 atom stereocenters. The first-order chi connectivity index (χ1) is 17.6. The second kappa shape index (κ2) is 12.3. The number of hydrogen-bond donors (Lipinski definition) is 1. The van der Waals surface area contributed by atoms with Crippen molar-refractivity contribution in [3.05, 3.63) is 15.8 Å². The van der Waals surface area contributed by atoms with Gasteiger partial charge in [-0.3, -0.25) is 4.79 Å². The standard InChI is InChI=1S/C30H43NO5S/c1-20-5-7-21(8-6-20)28(32)31(22-9-11-23(12-10-22)36-24-14-17-35-18-15-24)26-19-25(13-16-30(2,3)4)37-27(26)29(33)34/h19-24H,5-12,14-15,17-18H2,1-4H3,(H,33,34)/t20-,21-,22-,23-. The Balaban J connectivity index is 1.58. The first-order valence-electron chi connectivity index (χ1n) is 14.1. The lowest BCUT2D eigenvalue weighted by Crippen LogP contribution is -2.47. The summed E-state index contributed by atoms with van der Waals surface area (Å²) >= 11 is 1.19. The number of carboxylic acids is 1. The van der Waals surface area contributed by atoms with E-state index in [0.29, 0.717) is 16.5 Å². The van der Waals surface area contributed by atoms with E-state index >= 15 is 0 Å². The van der Waals surface area contributed by atoms with Crippen molar-refractivity contribution in [2.24, 2.45) is 17.3 Å². The zero-order chi connectivity index (χ0) is 26.6. The maximum Gasteiger partial charge on any atom is 0.348 e. The second-order valence-corrected chi connectivity index (χ2v) is 13.2. The number of amides is 1. The Morgan fingerprint density at radius 2 is 1.62 bits per heavy atom. The van der Waals surface area contributed by atoms with E-state index in [4.69, 9.17) is 9.47 Å². The van der Waals surface area contributed by atoms with Gasteiger partial charge >= 0.3 is 5.97 Å². The summed E-state index contributed by atoms with van der Waals surface area (Å²) in [5, 5.41) is 10.1. The summed E-state index contributed by atoms with van der Waals surface area (Å²) in [4.78, 5) is 29.2. The third-order valence-electron chi connectivity index (χ3n) is 7.89. The largest absolute Gasteiger partial charge is 0.477 e. The number of aromatic carboxylic acids is 1. The molecule has 0 unspecified atom stereocenters. The molecule has 0 bridgehead atoms. The van der Waals surface area contributed by atoms with Gasteiger partial charge in [-0.1, -0.05) is 18.8 Å². The van der Waals surface area contributed by atoms with E-state index in [1.807, 2.05) is 31.7 Å². The van der Waals surface area contributed by atoms with Crippen LogP contribution in [0.15, 0.2) is 6.07 Å². The maximum absolute atomic E-state index is 14.1.